The second-order valence-corrected chi connectivity index (χ2v) is 7.96. The number of carbonyl (C=O) groups excluding carboxylic acids is 1. The maximum Gasteiger partial charge on any atom is 0.284 e. The van der Waals surface area contributed by atoms with Gasteiger partial charge in [0.2, 0.25) is 0 Å². The van der Waals surface area contributed by atoms with E-state index >= 15 is 0 Å². The number of aromatic nitrogens is 2. The molecule has 1 amide bonds. The number of hydrogen-bond donors (Lipinski definition) is 0. The molecule has 0 aliphatic carbocycles. The summed E-state index contributed by atoms with van der Waals surface area (Å²) in [5, 5.41) is 7.63. The van der Waals surface area contributed by atoms with Gasteiger partial charge in [0.05, 0.1) is 26.0 Å². The van der Waals surface area contributed by atoms with Gasteiger partial charge >= 0.3 is 0 Å². The number of nitrogens with zero attached hydrogens (tertiary/aromatic N) is 5. The number of ether oxygens (including phenoxy) is 2. The molecule has 0 unspecified atom stereocenters. The fourth-order valence-corrected chi connectivity index (χ4v) is 3.75. The molecule has 1 aliphatic rings. The molecule has 0 spiro atoms. The molecule has 0 radical (unpaired) electrons. The minimum Gasteiger partial charge on any atom is -0.497 e. The zero-order valence-electron chi connectivity index (χ0n) is 19.2. The summed E-state index contributed by atoms with van der Waals surface area (Å²) in [4.78, 5) is 41.4. The lowest BCUT2D eigenvalue weighted by atomic mass is 10.1. The molecule has 0 N–H and O–H groups in total. The fraction of sp³-hybridized carbons (Fsp3) is 0.292. The van der Waals surface area contributed by atoms with Crippen molar-refractivity contribution in [3.8, 4) is 22.7 Å². The van der Waals surface area contributed by atoms with Crippen LogP contribution in [0.2, 0.25) is 0 Å². The van der Waals surface area contributed by atoms with Crippen LogP contribution in [-0.2, 0) is 4.74 Å². The van der Waals surface area contributed by atoms with E-state index in [0.29, 0.717) is 43.3 Å². The summed E-state index contributed by atoms with van der Waals surface area (Å²) in [5.41, 5.74) is 1.33. The number of amides is 1. The molecule has 4 rings (SSSR count). The molecule has 2 heterocycles. The van der Waals surface area contributed by atoms with Gasteiger partial charge in [-0.3, -0.25) is 9.59 Å². The number of nitroso groups, excluding NO2 is 1. The summed E-state index contributed by atoms with van der Waals surface area (Å²) in [6.45, 7) is 2.50. The average Bonchev–Trinajstić information content (AvgIpc) is 2.88. The van der Waals surface area contributed by atoms with Crippen molar-refractivity contribution in [2.24, 2.45) is 5.18 Å². The Morgan fingerprint density at radius 1 is 1.12 bits per heavy atom. The number of benzene rings is 2. The Balaban J connectivity index is 1.95. The van der Waals surface area contributed by atoms with Crippen LogP contribution < -0.4 is 15.2 Å². The number of methoxy groups -OCH3 is 1. The summed E-state index contributed by atoms with van der Waals surface area (Å²) >= 11 is 0. The molecular weight excluding hydrogens is 438 g/mol. The highest BCUT2D eigenvalue weighted by molar-refractivity contribution is 5.94. The van der Waals surface area contributed by atoms with Crippen LogP contribution in [0.1, 0.15) is 10.4 Å². The lowest BCUT2D eigenvalue weighted by Crippen LogP contribution is -2.36. The fourth-order valence-electron chi connectivity index (χ4n) is 3.75. The summed E-state index contributed by atoms with van der Waals surface area (Å²) < 4.78 is 11.8. The predicted octanol–water partition coefficient (Wildman–Crippen LogP) is 2.84. The molecule has 176 valence electrons. The third-order valence-corrected chi connectivity index (χ3v) is 5.58. The molecular formula is C24H25N5O5. The Bertz CT molecular complexity index is 1280. The molecule has 10 heteroatoms. The van der Waals surface area contributed by atoms with Crippen molar-refractivity contribution in [2.75, 3.05) is 52.4 Å². The van der Waals surface area contributed by atoms with Gasteiger partial charge in [-0.25, -0.2) is 0 Å². The van der Waals surface area contributed by atoms with E-state index in [9.17, 15) is 14.5 Å². The van der Waals surface area contributed by atoms with Crippen LogP contribution in [-0.4, -0.2) is 68.1 Å². The molecule has 3 aromatic rings. The van der Waals surface area contributed by atoms with Gasteiger partial charge in [0.1, 0.15) is 22.7 Å². The standard InChI is InChI=1S/C24H25N5O5/c1-27(2)23(30)19-15-21(16-5-4-6-18(13-16)33-3)25-29(24(19)31)22-14-17(7-8-20(22)26-32)28-9-11-34-12-10-28/h4-8,13-15H,9-12H2,1-3H3. The van der Waals surface area contributed by atoms with E-state index in [4.69, 9.17) is 9.47 Å². The van der Waals surface area contributed by atoms with Crippen molar-refractivity contribution < 1.29 is 14.3 Å². The Hall–Kier alpha value is -4.05. The quantitative estimate of drug-likeness (QED) is 0.518. The van der Waals surface area contributed by atoms with Crippen molar-refractivity contribution in [2.45, 2.75) is 0 Å². The highest BCUT2D eigenvalue weighted by Gasteiger charge is 2.22. The van der Waals surface area contributed by atoms with Crippen LogP contribution in [0.3, 0.4) is 0 Å². The Morgan fingerprint density at radius 2 is 1.88 bits per heavy atom. The molecule has 0 saturated carbocycles. The Kier molecular flexibility index (Phi) is 6.69. The highest BCUT2D eigenvalue weighted by Crippen LogP contribution is 2.29. The monoisotopic (exact) mass is 463 g/mol. The first-order valence-electron chi connectivity index (χ1n) is 10.7. The smallest absolute Gasteiger partial charge is 0.284 e. The molecule has 1 aromatic heterocycles. The minimum absolute atomic E-state index is 0.0395. The maximum absolute atomic E-state index is 13.4. The summed E-state index contributed by atoms with van der Waals surface area (Å²) in [7, 11) is 4.68. The number of hydrogen-bond acceptors (Lipinski definition) is 8. The SMILES string of the molecule is COc1cccc(-c2cc(C(=O)N(C)C)c(=O)n(-c3cc(N4CCOCC4)ccc3N=O)n2)c1. The second kappa shape index (κ2) is 9.84. The molecule has 10 nitrogen and oxygen atoms in total. The van der Waals surface area contributed by atoms with Gasteiger partial charge in [-0.15, -0.1) is 4.91 Å². The van der Waals surface area contributed by atoms with Crippen LogP contribution in [0.25, 0.3) is 16.9 Å². The molecule has 34 heavy (non-hydrogen) atoms. The van der Waals surface area contributed by atoms with Crippen molar-refractivity contribution in [1.29, 1.82) is 0 Å². The van der Waals surface area contributed by atoms with Crippen LogP contribution in [0.5, 0.6) is 5.75 Å². The molecule has 1 fully saturated rings. The third-order valence-electron chi connectivity index (χ3n) is 5.58. The van der Waals surface area contributed by atoms with E-state index in [0.717, 1.165) is 10.4 Å². The van der Waals surface area contributed by atoms with Crippen molar-refractivity contribution in [1.82, 2.24) is 14.7 Å². The van der Waals surface area contributed by atoms with Crippen molar-refractivity contribution in [3.05, 3.63) is 69.4 Å². The van der Waals surface area contributed by atoms with Gasteiger partial charge in [0.25, 0.3) is 11.5 Å². The number of rotatable bonds is 6. The first-order valence-corrected chi connectivity index (χ1v) is 10.7. The molecule has 0 bridgehead atoms. The van der Waals surface area contributed by atoms with E-state index in [1.54, 1.807) is 63.7 Å². The largest absolute Gasteiger partial charge is 0.497 e. The first kappa shape index (κ1) is 23.1. The molecule has 0 atom stereocenters. The highest BCUT2D eigenvalue weighted by atomic mass is 16.5. The molecule has 2 aromatic carbocycles. The average molecular weight is 463 g/mol. The van der Waals surface area contributed by atoms with Crippen molar-refractivity contribution in [3.63, 3.8) is 0 Å². The topological polar surface area (TPSA) is 106 Å². The summed E-state index contributed by atoms with van der Waals surface area (Å²) in [5.74, 6) is 0.123. The van der Waals surface area contributed by atoms with E-state index in [1.165, 1.54) is 11.0 Å². The molecule has 1 saturated heterocycles. The zero-order valence-corrected chi connectivity index (χ0v) is 19.2. The lowest BCUT2D eigenvalue weighted by molar-refractivity contribution is 0.0825. The van der Waals surface area contributed by atoms with E-state index in [2.05, 4.69) is 15.2 Å². The Morgan fingerprint density at radius 3 is 2.56 bits per heavy atom. The van der Waals surface area contributed by atoms with Gasteiger partial charge in [-0.2, -0.15) is 9.78 Å². The van der Waals surface area contributed by atoms with Gasteiger partial charge < -0.3 is 19.3 Å². The van der Waals surface area contributed by atoms with Gasteiger partial charge in [-0.05, 0) is 41.6 Å². The minimum atomic E-state index is -0.644. The summed E-state index contributed by atoms with van der Waals surface area (Å²) in [6, 6.07) is 13.6. The van der Waals surface area contributed by atoms with Crippen molar-refractivity contribution >= 4 is 17.3 Å². The second-order valence-electron chi connectivity index (χ2n) is 7.96. The van der Waals surface area contributed by atoms with Crippen LogP contribution >= 0.6 is 0 Å². The third kappa shape index (κ3) is 4.53. The Labute approximate surface area is 196 Å². The van der Waals surface area contributed by atoms with Gasteiger partial charge in [-0.1, -0.05) is 12.1 Å². The van der Waals surface area contributed by atoms with Gasteiger partial charge in [0.15, 0.2) is 0 Å². The van der Waals surface area contributed by atoms with Crippen LogP contribution in [0, 0.1) is 4.91 Å². The summed E-state index contributed by atoms with van der Waals surface area (Å²) in [6.07, 6.45) is 0. The van der Waals surface area contributed by atoms with Gasteiger partial charge in [0, 0.05) is 38.4 Å². The number of carbonyl (C=O) groups is 1. The van der Waals surface area contributed by atoms with E-state index in [1.807, 2.05) is 0 Å². The normalized spacial score (nSPS) is 13.4. The maximum atomic E-state index is 13.4. The zero-order chi connectivity index (χ0) is 24.2. The molecule has 1 aliphatic heterocycles. The van der Waals surface area contributed by atoms with E-state index in [-0.39, 0.29) is 16.9 Å². The number of morpholine rings is 1. The van der Waals surface area contributed by atoms with Crippen LogP contribution in [0.15, 0.2) is 58.5 Å². The lowest BCUT2D eigenvalue weighted by Gasteiger charge is -2.29. The van der Waals surface area contributed by atoms with Crippen LogP contribution in [0.4, 0.5) is 11.4 Å². The number of anilines is 1. The van der Waals surface area contributed by atoms with E-state index < -0.39 is 11.5 Å². The first-order chi connectivity index (χ1) is 16.4. The predicted molar refractivity (Wildman–Crippen MR) is 128 cm³/mol.